The molecular weight excluding hydrogens is 773 g/mol. The Bertz CT molecular complexity index is 3770. The highest BCUT2D eigenvalue weighted by molar-refractivity contribution is 7.23. The van der Waals surface area contributed by atoms with Gasteiger partial charge in [0.15, 0.2) is 19.7 Å². The van der Waals surface area contributed by atoms with Crippen molar-refractivity contribution in [2.24, 2.45) is 0 Å². The van der Waals surface area contributed by atoms with Crippen LogP contribution in [0.5, 0.6) is 0 Å². The highest BCUT2D eigenvalue weighted by atomic mass is 28.3. The Balaban J connectivity index is 1.20. The SMILES string of the molecule is [2H]c1c([2H])c([2H])c2c(c1[2H])c1c([2H])c([2H])c([2H])c([2H])c1n2-c1nc(-c2ccccc2)nc(-c2cccc([Si]3(c4ccccc4)c4c(-c5ccccc5)cncc4-c4cncc(-c5ccccc5)c43)c2)n1. The second-order valence-electron chi connectivity index (χ2n) is 15.1. The molecule has 290 valence electrons. The van der Waals surface area contributed by atoms with Crippen LogP contribution in [0.1, 0.15) is 11.0 Å². The molecular formula is C55H36N6Si. The Labute approximate surface area is 370 Å². The zero-order chi connectivity index (χ0) is 48.0. The predicted molar refractivity (Wildman–Crippen MR) is 254 cm³/mol. The highest BCUT2D eigenvalue weighted by Gasteiger charge is 2.52. The molecule has 12 rings (SSSR count). The molecule has 0 spiro atoms. The van der Waals surface area contributed by atoms with Crippen molar-refractivity contribution in [3.8, 4) is 62.1 Å². The first-order valence-electron chi connectivity index (χ1n) is 24.2. The quantitative estimate of drug-likeness (QED) is 0.150. The van der Waals surface area contributed by atoms with E-state index in [2.05, 4.69) is 60.7 Å². The van der Waals surface area contributed by atoms with Crippen LogP contribution < -0.4 is 20.7 Å². The molecule has 0 amide bonds. The van der Waals surface area contributed by atoms with Gasteiger partial charge in [0.25, 0.3) is 0 Å². The van der Waals surface area contributed by atoms with Crippen molar-refractivity contribution in [3.05, 3.63) is 219 Å². The van der Waals surface area contributed by atoms with Crippen LogP contribution in [0.2, 0.25) is 0 Å². The highest BCUT2D eigenvalue weighted by Crippen LogP contribution is 2.37. The fraction of sp³-hybridized carbons (Fsp3) is 0. The van der Waals surface area contributed by atoms with Gasteiger partial charge < -0.3 is 0 Å². The van der Waals surface area contributed by atoms with E-state index in [1.807, 2.05) is 110 Å². The monoisotopic (exact) mass is 816 g/mol. The van der Waals surface area contributed by atoms with Gasteiger partial charge in [0.1, 0.15) is 0 Å². The molecule has 0 unspecified atom stereocenters. The minimum atomic E-state index is -3.44. The van der Waals surface area contributed by atoms with Gasteiger partial charge in [-0.25, -0.2) is 4.98 Å². The third kappa shape index (κ3) is 5.52. The molecule has 0 saturated carbocycles. The zero-order valence-electron chi connectivity index (χ0n) is 40.8. The first-order chi connectivity index (χ1) is 34.1. The van der Waals surface area contributed by atoms with E-state index in [9.17, 15) is 2.74 Å². The number of pyridine rings is 2. The molecule has 11 aromatic rings. The molecule has 1 aliphatic heterocycles. The molecule has 0 saturated heterocycles. The Morgan fingerprint density at radius 2 is 0.839 bits per heavy atom. The maximum atomic E-state index is 9.23. The summed E-state index contributed by atoms with van der Waals surface area (Å²) >= 11 is 0. The van der Waals surface area contributed by atoms with Crippen LogP contribution in [-0.2, 0) is 0 Å². The van der Waals surface area contributed by atoms with Gasteiger partial charge in [-0.15, -0.1) is 0 Å². The molecule has 4 aromatic heterocycles. The topological polar surface area (TPSA) is 69.4 Å². The lowest BCUT2D eigenvalue weighted by molar-refractivity contribution is 0.953. The normalized spacial score (nSPS) is 14.5. The molecule has 62 heavy (non-hydrogen) atoms. The summed E-state index contributed by atoms with van der Waals surface area (Å²) in [6, 6.07) is 44.9. The molecule has 7 aromatic carbocycles. The van der Waals surface area contributed by atoms with Gasteiger partial charge in [0.05, 0.1) is 22.0 Å². The molecule has 5 heterocycles. The fourth-order valence-corrected chi connectivity index (χ4v) is 14.8. The number of aromatic nitrogens is 6. The van der Waals surface area contributed by atoms with E-state index in [0.29, 0.717) is 11.1 Å². The van der Waals surface area contributed by atoms with Crippen molar-refractivity contribution in [1.29, 1.82) is 0 Å². The van der Waals surface area contributed by atoms with E-state index in [1.54, 1.807) is 0 Å². The maximum absolute atomic E-state index is 9.23. The van der Waals surface area contributed by atoms with Crippen molar-refractivity contribution in [1.82, 2.24) is 29.5 Å². The summed E-state index contributed by atoms with van der Waals surface area (Å²) in [5.41, 5.74) is 7.12. The van der Waals surface area contributed by atoms with Gasteiger partial charge in [0.2, 0.25) is 5.95 Å². The summed E-state index contributed by atoms with van der Waals surface area (Å²) in [6.07, 6.45) is 7.84. The second-order valence-corrected chi connectivity index (χ2v) is 18.7. The van der Waals surface area contributed by atoms with Crippen molar-refractivity contribution < 1.29 is 11.0 Å². The van der Waals surface area contributed by atoms with Gasteiger partial charge in [-0.2, -0.15) is 9.97 Å². The number of fused-ring (bicyclic) bond motifs is 6. The minimum Gasteiger partial charge on any atom is -0.278 e. The van der Waals surface area contributed by atoms with Crippen molar-refractivity contribution in [2.75, 3.05) is 0 Å². The Morgan fingerprint density at radius 3 is 1.39 bits per heavy atom. The number of hydrogen-bond donors (Lipinski definition) is 0. The van der Waals surface area contributed by atoms with E-state index >= 15 is 0 Å². The molecule has 0 bridgehead atoms. The van der Waals surface area contributed by atoms with Crippen molar-refractivity contribution >= 4 is 50.6 Å². The van der Waals surface area contributed by atoms with E-state index < -0.39 is 56.4 Å². The van der Waals surface area contributed by atoms with Crippen LogP contribution in [-0.4, -0.2) is 37.6 Å². The smallest absolute Gasteiger partial charge is 0.238 e. The summed E-state index contributed by atoms with van der Waals surface area (Å²) in [5, 5.41) is 4.33. The molecule has 0 atom stereocenters. The van der Waals surface area contributed by atoms with E-state index in [0.717, 1.165) is 54.1 Å². The molecule has 7 heteroatoms. The summed E-state index contributed by atoms with van der Waals surface area (Å²) in [6.45, 7) is 0. The van der Waals surface area contributed by atoms with Crippen LogP contribution in [0.4, 0.5) is 0 Å². The third-order valence-corrected chi connectivity index (χ3v) is 16.7. The van der Waals surface area contributed by atoms with Gasteiger partial charge in [-0.05, 0) is 44.0 Å². The summed E-state index contributed by atoms with van der Waals surface area (Å²) in [4.78, 5) is 25.0. The molecule has 0 N–H and O–H groups in total. The van der Waals surface area contributed by atoms with E-state index in [4.69, 9.17) is 33.1 Å². The molecule has 6 nitrogen and oxygen atoms in total. The van der Waals surface area contributed by atoms with Crippen LogP contribution in [0, 0.1) is 0 Å². The lowest BCUT2D eigenvalue weighted by Crippen LogP contribution is -2.73. The molecule has 0 radical (unpaired) electrons. The summed E-state index contributed by atoms with van der Waals surface area (Å²) in [7, 11) is -3.44. The molecule has 0 aliphatic carbocycles. The lowest BCUT2D eigenvalue weighted by Gasteiger charge is -2.34. The Kier molecular flexibility index (Phi) is 6.65. The predicted octanol–water partition coefficient (Wildman–Crippen LogP) is 9.78. The number of benzene rings is 7. The Hall–Kier alpha value is -8.13. The average Bonchev–Trinajstić information content (AvgIpc) is 3.94. The number of nitrogens with zero attached hydrogens (tertiary/aromatic N) is 6. The number of rotatable bonds is 7. The third-order valence-electron chi connectivity index (χ3n) is 11.8. The fourth-order valence-electron chi connectivity index (χ4n) is 9.19. The first kappa shape index (κ1) is 28.4. The largest absolute Gasteiger partial charge is 0.278 e. The van der Waals surface area contributed by atoms with Gasteiger partial charge in [-0.1, -0.05) is 182 Å². The van der Waals surface area contributed by atoms with Crippen molar-refractivity contribution in [2.45, 2.75) is 0 Å². The minimum absolute atomic E-state index is 0.0694. The van der Waals surface area contributed by atoms with Crippen molar-refractivity contribution in [3.63, 3.8) is 0 Å². The molecule has 1 aliphatic rings. The van der Waals surface area contributed by atoms with Gasteiger partial charge in [0, 0.05) is 68.9 Å². The standard InChI is InChI=1S/C55H36N6Si/c1-5-18-37(19-6-1)45-33-56-35-47-48-36-57-34-46(38-20-7-2-8-21-38)52(48)62(51(45)47,41-25-11-4-12-26-41)42-27-17-24-40(32-42)54-58-53(39-22-9-3-10-23-39)59-55(60-54)61-49-30-15-13-28-43(49)44-29-14-16-31-50(44)61/h1-36H/i13D,14D,15D,16D,28D,29D,30D,31D. The summed E-state index contributed by atoms with van der Waals surface area (Å²) in [5.74, 6) is 0.379. The number of hydrogen-bond acceptors (Lipinski definition) is 5. The number of para-hydroxylation sites is 2. The zero-order valence-corrected chi connectivity index (χ0v) is 33.8. The second kappa shape index (κ2) is 14.5. The molecule has 0 fully saturated rings. The van der Waals surface area contributed by atoms with Gasteiger partial charge in [-0.3, -0.25) is 14.5 Å². The van der Waals surface area contributed by atoms with Gasteiger partial charge >= 0.3 is 0 Å². The van der Waals surface area contributed by atoms with Crippen LogP contribution in [0.3, 0.4) is 0 Å². The maximum Gasteiger partial charge on any atom is 0.238 e. The average molecular weight is 817 g/mol. The first-order valence-corrected chi connectivity index (χ1v) is 22.2. The summed E-state index contributed by atoms with van der Waals surface area (Å²) < 4.78 is 72.6. The van der Waals surface area contributed by atoms with Crippen LogP contribution in [0.15, 0.2) is 219 Å². The van der Waals surface area contributed by atoms with Crippen LogP contribution in [0.25, 0.3) is 83.9 Å². The lowest BCUT2D eigenvalue weighted by atomic mass is 10.0. The van der Waals surface area contributed by atoms with E-state index in [1.165, 1.54) is 4.57 Å². The van der Waals surface area contributed by atoms with E-state index in [-0.39, 0.29) is 39.4 Å². The van der Waals surface area contributed by atoms with Crippen LogP contribution >= 0.6 is 0 Å². The Morgan fingerprint density at radius 1 is 0.403 bits per heavy atom.